The van der Waals surface area contributed by atoms with Crippen molar-refractivity contribution in [2.45, 2.75) is 19.3 Å². The highest BCUT2D eigenvalue weighted by molar-refractivity contribution is 5.99. The Morgan fingerprint density at radius 3 is 1.76 bits per heavy atom. The van der Waals surface area contributed by atoms with Gasteiger partial charge < -0.3 is 0 Å². The van der Waals surface area contributed by atoms with Gasteiger partial charge in [-0.05, 0) is 112 Å². The summed E-state index contributed by atoms with van der Waals surface area (Å²) in [6.07, 6.45) is 11.5. The molecule has 0 atom stereocenters. The Balaban J connectivity index is 1.26. The van der Waals surface area contributed by atoms with Crippen LogP contribution in [-0.4, -0.2) is 11.7 Å². The lowest BCUT2D eigenvalue weighted by atomic mass is 9.89. The highest BCUT2D eigenvalue weighted by Gasteiger charge is 2.15. The van der Waals surface area contributed by atoms with Crippen molar-refractivity contribution >= 4 is 23.2 Å². The molecule has 0 unspecified atom stereocenters. The summed E-state index contributed by atoms with van der Waals surface area (Å²) < 4.78 is 0. The highest BCUT2D eigenvalue weighted by Crippen LogP contribution is 2.38. The fraction of sp³-hybridized carbons (Fsp3) is 0.0612. The number of benzene rings is 6. The van der Waals surface area contributed by atoms with Gasteiger partial charge in [0.05, 0.1) is 11.2 Å². The molecule has 0 aliphatic heterocycles. The summed E-state index contributed by atoms with van der Waals surface area (Å²) in [7, 11) is 0. The number of aromatic nitrogens is 1. The number of pyridine rings is 1. The van der Waals surface area contributed by atoms with Crippen LogP contribution < -0.4 is 0 Å². The van der Waals surface area contributed by atoms with Crippen LogP contribution in [0.4, 0.5) is 0 Å². The Bertz CT molecular complexity index is 2410. The van der Waals surface area contributed by atoms with Gasteiger partial charge in [-0.1, -0.05) is 151 Å². The summed E-state index contributed by atoms with van der Waals surface area (Å²) in [6, 6.07) is 56.5. The number of rotatable bonds is 8. The number of nitrogens with zero attached hydrogens (tertiary/aromatic N) is 2. The van der Waals surface area contributed by atoms with Gasteiger partial charge in [0.25, 0.3) is 0 Å². The first-order valence-electron chi connectivity index (χ1n) is 17.6. The van der Waals surface area contributed by atoms with Crippen molar-refractivity contribution in [1.82, 2.24) is 4.98 Å². The quantitative estimate of drug-likeness (QED) is 0.118. The van der Waals surface area contributed by atoms with Crippen molar-refractivity contribution in [1.29, 1.82) is 0 Å². The molecule has 0 bridgehead atoms. The van der Waals surface area contributed by atoms with Crippen molar-refractivity contribution < 1.29 is 0 Å². The Labute approximate surface area is 300 Å². The normalized spacial score (nSPS) is 13.8. The van der Waals surface area contributed by atoms with Crippen LogP contribution in [0.25, 0.3) is 72.2 Å². The third-order valence-corrected chi connectivity index (χ3v) is 9.78. The molecule has 244 valence electrons. The Hall–Kier alpha value is -6.38. The maximum Gasteiger partial charge on any atom is 0.0716 e. The molecule has 1 aromatic heterocycles. The van der Waals surface area contributed by atoms with Crippen molar-refractivity contribution in [3.05, 3.63) is 193 Å². The molecule has 1 heterocycles. The monoisotopic (exact) mass is 654 g/mol. The molecule has 6 aromatic carbocycles. The summed E-state index contributed by atoms with van der Waals surface area (Å²) >= 11 is 0. The Morgan fingerprint density at radius 2 is 1.14 bits per heavy atom. The molecule has 0 radical (unpaired) electrons. The molecule has 0 fully saturated rings. The maximum atomic E-state index is 5.25. The van der Waals surface area contributed by atoms with E-state index in [4.69, 9.17) is 4.98 Å². The van der Waals surface area contributed by atoms with E-state index < -0.39 is 0 Å². The molecule has 0 amide bonds. The zero-order valence-electron chi connectivity index (χ0n) is 28.5. The lowest BCUT2D eigenvalue weighted by Gasteiger charge is -2.16. The van der Waals surface area contributed by atoms with Crippen LogP contribution in [0.15, 0.2) is 193 Å². The second-order valence-corrected chi connectivity index (χ2v) is 13.0. The van der Waals surface area contributed by atoms with E-state index in [1.165, 1.54) is 44.5 Å². The largest absolute Gasteiger partial charge is 0.272 e. The number of hydrogen-bond acceptors (Lipinski definition) is 2. The summed E-state index contributed by atoms with van der Waals surface area (Å²) in [5.41, 5.74) is 16.3. The number of hydrogen-bond donors (Lipinski definition) is 0. The van der Waals surface area contributed by atoms with Gasteiger partial charge in [0.15, 0.2) is 0 Å². The predicted octanol–water partition coefficient (Wildman–Crippen LogP) is 13.3. The van der Waals surface area contributed by atoms with Crippen molar-refractivity contribution in [3.8, 4) is 55.8 Å². The third-order valence-electron chi connectivity index (χ3n) is 9.78. The van der Waals surface area contributed by atoms with E-state index in [2.05, 4.69) is 188 Å². The van der Waals surface area contributed by atoms with Crippen LogP contribution in [0.2, 0.25) is 0 Å². The first-order chi connectivity index (χ1) is 25.2. The predicted molar refractivity (Wildman–Crippen MR) is 218 cm³/mol. The lowest BCUT2D eigenvalue weighted by molar-refractivity contribution is 0.904. The van der Waals surface area contributed by atoms with Crippen LogP contribution >= 0.6 is 0 Å². The Morgan fingerprint density at radius 1 is 0.549 bits per heavy atom. The van der Waals surface area contributed by atoms with Crippen LogP contribution in [0.1, 0.15) is 24.8 Å². The van der Waals surface area contributed by atoms with E-state index in [0.717, 1.165) is 58.1 Å². The SMILES string of the molecule is C=N/C=C\C(=C1/CC=CCC1)c1cccc(-c2cc(-c3ccc(-c4ccccc4)cc3)nc3ccc(-c4ccc(-c5ccccc5)cc4)cc23)c1. The smallest absolute Gasteiger partial charge is 0.0716 e. The topological polar surface area (TPSA) is 25.2 Å². The van der Waals surface area contributed by atoms with E-state index in [-0.39, 0.29) is 0 Å². The summed E-state index contributed by atoms with van der Waals surface area (Å²) in [5, 5.41) is 1.12. The summed E-state index contributed by atoms with van der Waals surface area (Å²) in [4.78, 5) is 9.30. The van der Waals surface area contributed by atoms with E-state index in [1.807, 2.05) is 6.20 Å². The van der Waals surface area contributed by atoms with E-state index >= 15 is 0 Å². The summed E-state index contributed by atoms with van der Waals surface area (Å²) in [6.45, 7) is 3.70. The van der Waals surface area contributed by atoms with Crippen LogP contribution in [0.3, 0.4) is 0 Å². The first kappa shape index (κ1) is 31.9. The summed E-state index contributed by atoms with van der Waals surface area (Å²) in [5.74, 6) is 0. The zero-order valence-corrected chi connectivity index (χ0v) is 28.5. The Kier molecular flexibility index (Phi) is 9.13. The van der Waals surface area contributed by atoms with E-state index in [0.29, 0.717) is 0 Å². The van der Waals surface area contributed by atoms with Gasteiger partial charge in [0, 0.05) is 17.1 Å². The molecule has 0 N–H and O–H groups in total. The molecule has 2 heteroatoms. The van der Waals surface area contributed by atoms with E-state index in [1.54, 1.807) is 0 Å². The third kappa shape index (κ3) is 6.90. The standard InChI is InChI=1S/C49H38N2/c1-50-31-30-45(40-16-9-4-10-17-40)43-18-11-19-44(32-43)46-34-49(41-26-24-38(25-27-41)36-14-7-3-8-15-36)51-48-29-28-42(33-47(46)48)39-22-20-37(21-23-39)35-12-5-2-6-13-35/h2-9,11-15,18-34H,1,10,16-17H2/b31-30-,45-40-. The van der Waals surface area contributed by atoms with Crippen LogP contribution in [-0.2, 0) is 0 Å². The van der Waals surface area contributed by atoms with Crippen molar-refractivity contribution in [2.24, 2.45) is 4.99 Å². The molecule has 7 aromatic rings. The van der Waals surface area contributed by atoms with E-state index in [9.17, 15) is 0 Å². The van der Waals surface area contributed by atoms with Gasteiger partial charge in [0.1, 0.15) is 0 Å². The minimum absolute atomic E-state index is 0.953. The second kappa shape index (κ2) is 14.6. The lowest BCUT2D eigenvalue weighted by Crippen LogP contribution is -1.95. The zero-order chi connectivity index (χ0) is 34.4. The van der Waals surface area contributed by atoms with Crippen LogP contribution in [0.5, 0.6) is 0 Å². The first-order valence-corrected chi connectivity index (χ1v) is 17.6. The molecule has 0 saturated carbocycles. The van der Waals surface area contributed by atoms with Crippen molar-refractivity contribution in [3.63, 3.8) is 0 Å². The van der Waals surface area contributed by atoms with Gasteiger partial charge in [-0.3, -0.25) is 4.99 Å². The van der Waals surface area contributed by atoms with Gasteiger partial charge in [-0.2, -0.15) is 0 Å². The fourth-order valence-corrected chi connectivity index (χ4v) is 7.09. The molecule has 8 rings (SSSR count). The van der Waals surface area contributed by atoms with Gasteiger partial charge in [-0.15, -0.1) is 0 Å². The average Bonchev–Trinajstić information content (AvgIpc) is 3.22. The molecule has 1 aliphatic carbocycles. The van der Waals surface area contributed by atoms with Crippen LogP contribution in [0, 0.1) is 0 Å². The minimum atomic E-state index is 0.953. The maximum absolute atomic E-state index is 5.25. The number of allylic oxidation sites excluding steroid dienone is 5. The minimum Gasteiger partial charge on any atom is -0.272 e. The number of fused-ring (bicyclic) bond motifs is 1. The number of aliphatic imine (C=N–C) groups is 1. The highest BCUT2D eigenvalue weighted by atomic mass is 14.7. The molecular weight excluding hydrogens is 617 g/mol. The van der Waals surface area contributed by atoms with Gasteiger partial charge in [-0.25, -0.2) is 4.98 Å². The van der Waals surface area contributed by atoms with Gasteiger partial charge in [0.2, 0.25) is 0 Å². The molecule has 2 nitrogen and oxygen atoms in total. The fourth-order valence-electron chi connectivity index (χ4n) is 7.09. The molecule has 0 saturated heterocycles. The molecule has 1 aliphatic rings. The van der Waals surface area contributed by atoms with Crippen molar-refractivity contribution in [2.75, 3.05) is 0 Å². The van der Waals surface area contributed by atoms with Gasteiger partial charge >= 0.3 is 0 Å². The average molecular weight is 655 g/mol. The molecule has 51 heavy (non-hydrogen) atoms. The second-order valence-electron chi connectivity index (χ2n) is 13.0. The molecule has 0 spiro atoms. The molecular formula is C49H38N2.